The van der Waals surface area contributed by atoms with Crippen molar-refractivity contribution in [2.45, 2.75) is 25.3 Å². The maximum absolute atomic E-state index is 11.8. The van der Waals surface area contributed by atoms with Gasteiger partial charge in [-0.25, -0.2) is 8.42 Å². The molecule has 0 unspecified atom stereocenters. The van der Waals surface area contributed by atoms with Gasteiger partial charge in [0.1, 0.15) is 0 Å². The van der Waals surface area contributed by atoms with Crippen LogP contribution in [0, 0.1) is 5.41 Å². The zero-order chi connectivity index (χ0) is 22.1. The minimum atomic E-state index is -3.24. The molecule has 4 rings (SSSR count). The second kappa shape index (κ2) is 8.12. The molecule has 0 amide bonds. The summed E-state index contributed by atoms with van der Waals surface area (Å²) in [5.41, 5.74) is 5.45. The van der Waals surface area contributed by atoms with E-state index in [1.807, 2.05) is 60.7 Å². The van der Waals surface area contributed by atoms with Crippen molar-refractivity contribution in [1.82, 2.24) is 4.98 Å². The fourth-order valence-corrected chi connectivity index (χ4v) is 4.50. The molecular formula is C25H24N2O3S. The molecule has 1 aliphatic carbocycles. The van der Waals surface area contributed by atoms with Crippen molar-refractivity contribution in [2.75, 3.05) is 6.26 Å². The van der Waals surface area contributed by atoms with Crippen molar-refractivity contribution in [1.29, 1.82) is 0 Å². The minimum Gasteiger partial charge on any atom is -0.389 e. The van der Waals surface area contributed by atoms with Crippen molar-refractivity contribution in [2.24, 2.45) is 10.6 Å². The molecule has 6 heteroatoms. The van der Waals surface area contributed by atoms with E-state index in [1.165, 1.54) is 6.26 Å². The van der Waals surface area contributed by atoms with Gasteiger partial charge < -0.3 is 4.84 Å². The lowest BCUT2D eigenvalue weighted by atomic mass is 9.60. The molecule has 0 saturated heterocycles. The molecule has 0 radical (unpaired) electrons. The smallest absolute Gasteiger partial charge is 0.175 e. The molecule has 158 valence electrons. The highest BCUT2D eigenvalue weighted by Gasteiger charge is 2.45. The Labute approximate surface area is 183 Å². The number of oxime groups is 1. The van der Waals surface area contributed by atoms with Crippen molar-refractivity contribution >= 4 is 26.7 Å². The summed E-state index contributed by atoms with van der Waals surface area (Å²) in [6.45, 7) is 4.49. The third-order valence-corrected chi connectivity index (χ3v) is 6.56. The van der Waals surface area contributed by atoms with Crippen LogP contribution >= 0.6 is 0 Å². The second-order valence-electron chi connectivity index (χ2n) is 8.07. The fraction of sp³-hybridized carbons (Fsp3) is 0.200. The first kappa shape index (κ1) is 21.0. The van der Waals surface area contributed by atoms with Crippen LogP contribution in [0.1, 0.15) is 30.7 Å². The number of benzene rings is 2. The van der Waals surface area contributed by atoms with E-state index in [4.69, 9.17) is 4.84 Å². The van der Waals surface area contributed by atoms with Crippen LogP contribution in [0.5, 0.6) is 0 Å². The third kappa shape index (κ3) is 4.16. The van der Waals surface area contributed by atoms with Gasteiger partial charge in [0.05, 0.1) is 16.3 Å². The molecule has 2 aromatic carbocycles. The van der Waals surface area contributed by atoms with Crippen LogP contribution in [0.4, 0.5) is 0 Å². The number of sulfone groups is 1. The van der Waals surface area contributed by atoms with Gasteiger partial charge in [0.2, 0.25) is 0 Å². The largest absolute Gasteiger partial charge is 0.389 e. The number of nitrogens with zero attached hydrogens (tertiary/aromatic N) is 2. The molecule has 0 saturated carbocycles. The predicted molar refractivity (Wildman–Crippen MR) is 123 cm³/mol. The molecule has 5 nitrogen and oxygen atoms in total. The Bertz CT molecular complexity index is 1250. The fourth-order valence-electron chi connectivity index (χ4n) is 3.87. The first-order valence-electron chi connectivity index (χ1n) is 10.00. The van der Waals surface area contributed by atoms with E-state index in [-0.39, 0.29) is 5.41 Å². The number of aromatic nitrogens is 1. The van der Waals surface area contributed by atoms with E-state index < -0.39 is 9.84 Å². The Morgan fingerprint density at radius 2 is 1.58 bits per heavy atom. The summed E-state index contributed by atoms with van der Waals surface area (Å²) in [5.74, 6) is 0. The minimum absolute atomic E-state index is 0.293. The molecule has 0 fully saturated rings. The molecule has 0 bridgehead atoms. The summed E-state index contributed by atoms with van der Waals surface area (Å²) >= 11 is 0. The summed E-state index contributed by atoms with van der Waals surface area (Å²) in [7, 11) is -3.24. The Morgan fingerprint density at radius 1 is 0.903 bits per heavy atom. The average molecular weight is 433 g/mol. The molecule has 0 N–H and O–H groups in total. The van der Waals surface area contributed by atoms with E-state index in [0.29, 0.717) is 11.5 Å². The predicted octanol–water partition coefficient (Wildman–Crippen LogP) is 5.01. The van der Waals surface area contributed by atoms with Crippen LogP contribution in [-0.4, -0.2) is 25.4 Å². The van der Waals surface area contributed by atoms with Crippen LogP contribution in [-0.2, 0) is 21.3 Å². The molecule has 31 heavy (non-hydrogen) atoms. The van der Waals surface area contributed by atoms with Crippen LogP contribution in [0.2, 0.25) is 0 Å². The van der Waals surface area contributed by atoms with Gasteiger partial charge in [0.15, 0.2) is 16.4 Å². The van der Waals surface area contributed by atoms with Crippen LogP contribution < -0.4 is 0 Å². The van der Waals surface area contributed by atoms with Gasteiger partial charge in [0, 0.05) is 23.4 Å². The topological polar surface area (TPSA) is 68.6 Å². The molecule has 1 heterocycles. The summed E-state index contributed by atoms with van der Waals surface area (Å²) in [6, 6.07) is 22.8. The summed E-state index contributed by atoms with van der Waals surface area (Å²) in [4.78, 5) is 10.2. The van der Waals surface area contributed by atoms with Crippen LogP contribution in [0.25, 0.3) is 11.1 Å². The Morgan fingerprint density at radius 3 is 2.19 bits per heavy atom. The van der Waals surface area contributed by atoms with E-state index in [0.717, 1.165) is 33.7 Å². The number of rotatable bonds is 6. The van der Waals surface area contributed by atoms with E-state index >= 15 is 0 Å². The number of hydrogen-bond acceptors (Lipinski definition) is 5. The standard InChI is InChI=1S/C25H24N2O3S/c1-25(2)23(19-12-14-21(15-13-19)31(3,28)29)22(18-9-5-4-6-10-18)24(25)27-30-17-20-11-7-8-16-26-20/h4-16H,17H2,1-3H3. The van der Waals surface area contributed by atoms with E-state index in [2.05, 4.69) is 24.0 Å². The Kier molecular flexibility index (Phi) is 5.50. The number of hydrogen-bond donors (Lipinski definition) is 0. The molecule has 1 aromatic heterocycles. The second-order valence-corrected chi connectivity index (χ2v) is 10.1. The Hall–Kier alpha value is -3.25. The number of pyridine rings is 1. The van der Waals surface area contributed by atoms with Gasteiger partial charge in [-0.05, 0) is 54.8 Å². The van der Waals surface area contributed by atoms with E-state index in [1.54, 1.807) is 18.3 Å². The molecular weight excluding hydrogens is 408 g/mol. The highest BCUT2D eigenvalue weighted by atomic mass is 32.2. The van der Waals surface area contributed by atoms with Gasteiger partial charge in [-0.15, -0.1) is 0 Å². The maximum atomic E-state index is 11.8. The van der Waals surface area contributed by atoms with Crippen LogP contribution in [0.3, 0.4) is 0 Å². The van der Waals surface area contributed by atoms with Crippen molar-refractivity contribution in [3.63, 3.8) is 0 Å². The van der Waals surface area contributed by atoms with Gasteiger partial charge in [0.25, 0.3) is 0 Å². The third-order valence-electron chi connectivity index (χ3n) is 5.43. The van der Waals surface area contributed by atoms with Gasteiger partial charge >= 0.3 is 0 Å². The summed E-state index contributed by atoms with van der Waals surface area (Å²) in [6.07, 6.45) is 2.94. The van der Waals surface area contributed by atoms with Crippen molar-refractivity contribution in [3.05, 3.63) is 95.8 Å². The summed E-state index contributed by atoms with van der Waals surface area (Å²) < 4.78 is 23.7. The van der Waals surface area contributed by atoms with Gasteiger partial charge in [-0.2, -0.15) is 0 Å². The van der Waals surface area contributed by atoms with Gasteiger partial charge in [-0.1, -0.05) is 53.7 Å². The Balaban J connectivity index is 1.74. The van der Waals surface area contributed by atoms with Crippen molar-refractivity contribution in [3.8, 4) is 0 Å². The highest BCUT2D eigenvalue weighted by Crippen LogP contribution is 2.53. The number of allylic oxidation sites excluding steroid dienone is 2. The zero-order valence-electron chi connectivity index (χ0n) is 17.7. The highest BCUT2D eigenvalue weighted by molar-refractivity contribution is 7.90. The normalized spacial score (nSPS) is 16.8. The first-order valence-corrected chi connectivity index (χ1v) is 11.9. The molecule has 3 aromatic rings. The molecule has 0 spiro atoms. The van der Waals surface area contributed by atoms with Crippen LogP contribution in [0.15, 0.2) is 89.0 Å². The monoisotopic (exact) mass is 432 g/mol. The zero-order valence-corrected chi connectivity index (χ0v) is 18.6. The SMILES string of the molecule is CC1(C)C(=NOCc2ccccn2)C(c2ccccc2)=C1c1ccc(S(C)(=O)=O)cc1. The lowest BCUT2D eigenvalue weighted by Crippen LogP contribution is -2.38. The average Bonchev–Trinajstić information content (AvgIpc) is 2.76. The van der Waals surface area contributed by atoms with Gasteiger partial charge in [-0.3, -0.25) is 4.98 Å². The van der Waals surface area contributed by atoms with Crippen molar-refractivity contribution < 1.29 is 13.3 Å². The molecule has 0 aliphatic heterocycles. The first-order chi connectivity index (χ1) is 14.8. The van der Waals surface area contributed by atoms with E-state index in [9.17, 15) is 8.42 Å². The lowest BCUT2D eigenvalue weighted by molar-refractivity contribution is 0.126. The maximum Gasteiger partial charge on any atom is 0.175 e. The summed E-state index contributed by atoms with van der Waals surface area (Å²) in [5, 5.41) is 4.49. The quantitative estimate of drug-likeness (QED) is 0.514. The molecule has 1 aliphatic rings. The lowest BCUT2D eigenvalue weighted by Gasteiger charge is -2.42. The molecule has 0 atom stereocenters.